The monoisotopic (exact) mass is 255 g/mol. The van der Waals surface area contributed by atoms with Gasteiger partial charge in [-0.3, -0.25) is 0 Å². The Hall–Kier alpha value is -1.38. The quantitative estimate of drug-likeness (QED) is 0.651. The fourth-order valence-corrected chi connectivity index (χ4v) is 2.62. The van der Waals surface area contributed by atoms with Crippen molar-refractivity contribution in [3.63, 3.8) is 0 Å². The molecular formula is C12H11ClFNO2. The molecule has 1 aromatic rings. The first-order chi connectivity index (χ1) is 8.09. The number of hydrogen-bond acceptors (Lipinski definition) is 3. The Morgan fingerprint density at radius 1 is 1.41 bits per heavy atom. The normalized spacial score (nSPS) is 17.8. The van der Waals surface area contributed by atoms with Crippen molar-refractivity contribution in [2.24, 2.45) is 4.99 Å². The third-order valence-corrected chi connectivity index (χ3v) is 3.51. The molecule has 90 valence electrons. The minimum atomic E-state index is -0.864. The van der Waals surface area contributed by atoms with Crippen LogP contribution in [0.25, 0.3) is 0 Å². The van der Waals surface area contributed by atoms with Crippen molar-refractivity contribution in [1.82, 2.24) is 0 Å². The van der Waals surface area contributed by atoms with Gasteiger partial charge in [0.2, 0.25) is 6.08 Å². The van der Waals surface area contributed by atoms with Gasteiger partial charge in [0.1, 0.15) is 17.1 Å². The van der Waals surface area contributed by atoms with Crippen LogP contribution in [0.15, 0.2) is 17.1 Å². The molecule has 1 saturated carbocycles. The number of benzene rings is 1. The summed E-state index contributed by atoms with van der Waals surface area (Å²) in [7, 11) is 0. The van der Waals surface area contributed by atoms with Crippen LogP contribution in [0.5, 0.6) is 5.75 Å². The second kappa shape index (κ2) is 4.47. The second-order valence-electron chi connectivity index (χ2n) is 4.23. The number of phenolic OH excluding ortho intramolecular Hbond substituents is 1. The average molecular weight is 256 g/mol. The maximum absolute atomic E-state index is 13.3. The van der Waals surface area contributed by atoms with Gasteiger partial charge in [-0.05, 0) is 25.0 Å². The van der Waals surface area contributed by atoms with Crippen molar-refractivity contribution in [2.75, 3.05) is 0 Å². The first-order valence-corrected chi connectivity index (χ1v) is 5.74. The van der Waals surface area contributed by atoms with E-state index in [0.717, 1.165) is 18.9 Å². The molecule has 0 atom stereocenters. The zero-order chi connectivity index (χ0) is 12.5. The maximum atomic E-state index is 13.3. The van der Waals surface area contributed by atoms with Crippen molar-refractivity contribution in [1.29, 1.82) is 0 Å². The van der Waals surface area contributed by atoms with Crippen molar-refractivity contribution >= 4 is 17.7 Å². The highest BCUT2D eigenvalue weighted by molar-refractivity contribution is 6.32. The fraction of sp³-hybridized carbons (Fsp3) is 0.417. The van der Waals surface area contributed by atoms with Gasteiger partial charge >= 0.3 is 0 Å². The molecule has 1 aliphatic carbocycles. The molecule has 1 aliphatic rings. The predicted molar refractivity (Wildman–Crippen MR) is 61.3 cm³/mol. The van der Waals surface area contributed by atoms with E-state index in [-0.39, 0.29) is 16.3 Å². The van der Waals surface area contributed by atoms with Gasteiger partial charge in [0.25, 0.3) is 0 Å². The first kappa shape index (κ1) is 12.1. The number of phenols is 1. The van der Waals surface area contributed by atoms with Crippen LogP contribution in [0.4, 0.5) is 4.39 Å². The molecule has 0 amide bonds. The second-order valence-corrected chi connectivity index (χ2v) is 4.63. The molecule has 0 aliphatic heterocycles. The summed E-state index contributed by atoms with van der Waals surface area (Å²) in [6, 6.07) is 2.22. The number of halogens is 2. The van der Waals surface area contributed by atoms with Gasteiger partial charge in [0.15, 0.2) is 0 Å². The highest BCUT2D eigenvalue weighted by Crippen LogP contribution is 2.47. The van der Waals surface area contributed by atoms with E-state index in [0.29, 0.717) is 12.8 Å². The van der Waals surface area contributed by atoms with E-state index in [1.165, 1.54) is 12.1 Å². The zero-order valence-electron chi connectivity index (χ0n) is 9.04. The lowest BCUT2D eigenvalue weighted by atomic mass is 9.88. The Bertz CT molecular complexity index is 492. The minimum Gasteiger partial charge on any atom is -0.506 e. The lowest BCUT2D eigenvalue weighted by Gasteiger charge is -2.24. The van der Waals surface area contributed by atoms with Crippen LogP contribution in [-0.2, 0) is 10.3 Å². The van der Waals surface area contributed by atoms with Gasteiger partial charge in [-0.25, -0.2) is 9.18 Å². The Balaban J connectivity index is 2.61. The number of hydrogen-bond donors (Lipinski definition) is 1. The van der Waals surface area contributed by atoms with E-state index in [4.69, 9.17) is 11.6 Å². The van der Waals surface area contributed by atoms with E-state index >= 15 is 0 Å². The van der Waals surface area contributed by atoms with Gasteiger partial charge in [-0.1, -0.05) is 24.4 Å². The van der Waals surface area contributed by atoms with Crippen LogP contribution in [0.3, 0.4) is 0 Å². The molecule has 1 aromatic carbocycles. The highest BCUT2D eigenvalue weighted by Gasteiger charge is 2.38. The van der Waals surface area contributed by atoms with E-state index in [1.807, 2.05) is 0 Å². The van der Waals surface area contributed by atoms with Crippen LogP contribution < -0.4 is 0 Å². The van der Waals surface area contributed by atoms with Gasteiger partial charge in [0, 0.05) is 5.56 Å². The molecular weight excluding hydrogens is 245 g/mol. The smallest absolute Gasteiger partial charge is 0.235 e. The molecule has 0 bridgehead atoms. The highest BCUT2D eigenvalue weighted by atomic mass is 35.5. The Morgan fingerprint density at radius 3 is 2.65 bits per heavy atom. The molecule has 17 heavy (non-hydrogen) atoms. The topological polar surface area (TPSA) is 49.7 Å². The zero-order valence-corrected chi connectivity index (χ0v) is 9.80. The molecule has 0 unspecified atom stereocenters. The summed E-state index contributed by atoms with van der Waals surface area (Å²) in [5.74, 6) is -0.746. The molecule has 0 spiro atoms. The minimum absolute atomic E-state index is 0.0626. The molecule has 0 heterocycles. The van der Waals surface area contributed by atoms with Crippen LogP contribution >= 0.6 is 11.6 Å². The fourth-order valence-electron chi connectivity index (χ4n) is 2.41. The SMILES string of the molecule is O=C=NC1(c2cc(F)cc(Cl)c2O)CCCC1. The van der Waals surface area contributed by atoms with Gasteiger partial charge in [0.05, 0.1) is 5.02 Å². The van der Waals surface area contributed by atoms with Crippen molar-refractivity contribution in [3.8, 4) is 5.75 Å². The van der Waals surface area contributed by atoms with Crippen LogP contribution in [0.2, 0.25) is 5.02 Å². The summed E-state index contributed by atoms with van der Waals surface area (Å²) in [6.07, 6.45) is 4.45. The number of nitrogens with zero attached hydrogens (tertiary/aromatic N) is 1. The molecule has 1 N–H and O–H groups in total. The lowest BCUT2D eigenvalue weighted by molar-refractivity contribution is 0.405. The number of aliphatic imine (C=N–C) groups is 1. The molecule has 0 aromatic heterocycles. The van der Waals surface area contributed by atoms with Crippen LogP contribution in [0, 0.1) is 5.82 Å². The molecule has 0 radical (unpaired) electrons. The largest absolute Gasteiger partial charge is 0.506 e. The van der Waals surface area contributed by atoms with Gasteiger partial charge in [-0.2, -0.15) is 4.99 Å². The standard InChI is InChI=1S/C12H11ClFNO2/c13-10-6-8(14)5-9(11(10)17)12(15-7-16)3-1-2-4-12/h5-6,17H,1-4H2. The summed E-state index contributed by atoms with van der Waals surface area (Å²) in [4.78, 5) is 14.3. The van der Waals surface area contributed by atoms with Crippen molar-refractivity contribution in [3.05, 3.63) is 28.5 Å². The Kier molecular flexibility index (Phi) is 3.18. The molecule has 0 saturated heterocycles. The molecule has 1 fully saturated rings. The van der Waals surface area contributed by atoms with E-state index in [2.05, 4.69) is 4.99 Å². The average Bonchev–Trinajstić information content (AvgIpc) is 2.73. The lowest BCUT2D eigenvalue weighted by Crippen LogP contribution is -2.19. The van der Waals surface area contributed by atoms with Crippen molar-refractivity contribution in [2.45, 2.75) is 31.2 Å². The predicted octanol–water partition coefficient (Wildman–Crippen LogP) is 3.29. The number of isocyanates is 1. The number of rotatable bonds is 2. The summed E-state index contributed by atoms with van der Waals surface area (Å²) in [6.45, 7) is 0. The Labute approximate surface area is 103 Å². The van der Waals surface area contributed by atoms with Crippen LogP contribution in [0.1, 0.15) is 31.2 Å². The van der Waals surface area contributed by atoms with E-state index in [1.54, 1.807) is 0 Å². The summed E-state index contributed by atoms with van der Waals surface area (Å²) in [5, 5.41) is 9.82. The number of carbonyl (C=O) groups excluding carboxylic acids is 1. The van der Waals surface area contributed by atoms with Crippen LogP contribution in [-0.4, -0.2) is 11.2 Å². The third kappa shape index (κ3) is 2.06. The molecule has 3 nitrogen and oxygen atoms in total. The summed E-state index contributed by atoms with van der Waals surface area (Å²) < 4.78 is 13.3. The third-order valence-electron chi connectivity index (χ3n) is 3.22. The summed E-state index contributed by atoms with van der Waals surface area (Å²) >= 11 is 5.73. The first-order valence-electron chi connectivity index (χ1n) is 5.36. The molecule has 5 heteroatoms. The van der Waals surface area contributed by atoms with Gasteiger partial charge < -0.3 is 5.11 Å². The summed E-state index contributed by atoms with van der Waals surface area (Å²) in [5.41, 5.74) is -0.583. The van der Waals surface area contributed by atoms with Gasteiger partial charge in [-0.15, -0.1) is 0 Å². The van der Waals surface area contributed by atoms with E-state index < -0.39 is 11.4 Å². The Morgan fingerprint density at radius 2 is 2.06 bits per heavy atom. The molecule has 2 rings (SSSR count). The van der Waals surface area contributed by atoms with E-state index in [9.17, 15) is 14.3 Å². The maximum Gasteiger partial charge on any atom is 0.235 e. The van der Waals surface area contributed by atoms with Crippen molar-refractivity contribution < 1.29 is 14.3 Å². The number of aromatic hydroxyl groups is 1.